The molecule has 0 fully saturated rings. The number of anilines is 1. The Morgan fingerprint density at radius 2 is 1.96 bits per heavy atom. The predicted molar refractivity (Wildman–Crippen MR) is 93.6 cm³/mol. The Kier molecular flexibility index (Phi) is 4.51. The Balaban J connectivity index is 1.82. The van der Waals surface area contributed by atoms with Crippen molar-refractivity contribution in [2.75, 3.05) is 4.90 Å². The fourth-order valence-corrected chi connectivity index (χ4v) is 3.25. The second kappa shape index (κ2) is 6.42. The van der Waals surface area contributed by atoms with E-state index in [4.69, 9.17) is 27.9 Å². The molecule has 1 heterocycles. The van der Waals surface area contributed by atoms with Gasteiger partial charge < -0.3 is 9.64 Å². The highest BCUT2D eigenvalue weighted by molar-refractivity contribution is 6.42. The monoisotopic (exact) mass is 349 g/mol. The number of amides is 1. The van der Waals surface area contributed by atoms with Crippen LogP contribution >= 0.6 is 23.2 Å². The summed E-state index contributed by atoms with van der Waals surface area (Å²) in [5.74, 6) is 0.332. The van der Waals surface area contributed by atoms with Gasteiger partial charge in [-0.1, -0.05) is 47.5 Å². The van der Waals surface area contributed by atoms with Gasteiger partial charge in [-0.15, -0.1) is 0 Å². The molecule has 0 aromatic heterocycles. The molecular weight excluding hydrogens is 333 g/mol. The van der Waals surface area contributed by atoms with Crippen LogP contribution in [-0.4, -0.2) is 18.1 Å². The third-order valence-electron chi connectivity index (χ3n) is 4.01. The van der Waals surface area contributed by atoms with Gasteiger partial charge in [-0.3, -0.25) is 4.79 Å². The minimum Gasteiger partial charge on any atom is -0.479 e. The van der Waals surface area contributed by atoms with E-state index in [0.717, 1.165) is 12.1 Å². The molecule has 1 aliphatic heterocycles. The predicted octanol–water partition coefficient (Wildman–Crippen LogP) is 4.74. The molecule has 2 aromatic carbocycles. The Bertz CT molecular complexity index is 748. The maximum Gasteiger partial charge on any atom is 0.268 e. The summed E-state index contributed by atoms with van der Waals surface area (Å²) >= 11 is 12.1. The van der Waals surface area contributed by atoms with Gasteiger partial charge in [0.15, 0.2) is 6.10 Å². The van der Waals surface area contributed by atoms with Gasteiger partial charge in [-0.25, -0.2) is 0 Å². The van der Waals surface area contributed by atoms with E-state index in [1.54, 1.807) is 30.0 Å². The smallest absolute Gasteiger partial charge is 0.268 e. The molecule has 3 nitrogen and oxygen atoms in total. The van der Waals surface area contributed by atoms with Crippen LogP contribution in [0, 0.1) is 0 Å². The number of ether oxygens (including phenoxy) is 1. The van der Waals surface area contributed by atoms with Crippen LogP contribution < -0.4 is 9.64 Å². The maximum atomic E-state index is 12.8. The molecule has 2 aromatic rings. The van der Waals surface area contributed by atoms with Crippen molar-refractivity contribution in [3.63, 3.8) is 0 Å². The molecule has 0 bridgehead atoms. The molecule has 120 valence electrons. The van der Waals surface area contributed by atoms with E-state index in [0.29, 0.717) is 15.8 Å². The number of hydrogen-bond donors (Lipinski definition) is 0. The van der Waals surface area contributed by atoms with E-state index < -0.39 is 6.10 Å². The number of para-hydroxylation sites is 1. The van der Waals surface area contributed by atoms with Crippen LogP contribution in [0.15, 0.2) is 42.5 Å². The third-order valence-corrected chi connectivity index (χ3v) is 4.81. The zero-order valence-electron chi connectivity index (χ0n) is 12.9. The molecule has 0 radical (unpaired) electrons. The molecule has 1 aliphatic rings. The standard InChI is InChI=1S/C18H17Cl2NO2/c1-11-10-13-6-3-4-8-15(13)21(11)18(22)12(2)23-16-9-5-7-14(19)17(16)20/h3-9,11-12H,10H2,1-2H3/t11-,12+/m0/s1. The summed E-state index contributed by atoms with van der Waals surface area (Å²) in [4.78, 5) is 14.6. The van der Waals surface area contributed by atoms with Gasteiger partial charge in [0.05, 0.1) is 5.02 Å². The fraction of sp³-hybridized carbons (Fsp3) is 0.278. The van der Waals surface area contributed by atoms with Gasteiger partial charge in [-0.2, -0.15) is 0 Å². The van der Waals surface area contributed by atoms with E-state index in [9.17, 15) is 4.79 Å². The van der Waals surface area contributed by atoms with Crippen molar-refractivity contribution >= 4 is 34.8 Å². The lowest BCUT2D eigenvalue weighted by atomic mass is 10.1. The number of rotatable bonds is 3. The van der Waals surface area contributed by atoms with Crippen LogP contribution in [0.4, 0.5) is 5.69 Å². The number of halogens is 2. The molecule has 0 spiro atoms. The molecule has 1 amide bonds. The van der Waals surface area contributed by atoms with Gasteiger partial charge in [-0.05, 0) is 44.0 Å². The van der Waals surface area contributed by atoms with Crippen LogP contribution in [0.2, 0.25) is 10.0 Å². The lowest BCUT2D eigenvalue weighted by Crippen LogP contribution is -2.43. The summed E-state index contributed by atoms with van der Waals surface area (Å²) in [5.41, 5.74) is 2.14. The molecule has 0 saturated carbocycles. The van der Waals surface area contributed by atoms with Crippen molar-refractivity contribution in [1.29, 1.82) is 0 Å². The first kappa shape index (κ1) is 16.2. The minimum absolute atomic E-state index is 0.0847. The average Bonchev–Trinajstić information content (AvgIpc) is 2.86. The number of benzene rings is 2. The molecule has 5 heteroatoms. The molecule has 0 N–H and O–H groups in total. The summed E-state index contributed by atoms with van der Waals surface area (Å²) in [7, 11) is 0. The minimum atomic E-state index is -0.653. The van der Waals surface area contributed by atoms with Crippen LogP contribution in [0.5, 0.6) is 5.75 Å². The number of fused-ring (bicyclic) bond motifs is 1. The quantitative estimate of drug-likeness (QED) is 0.800. The van der Waals surface area contributed by atoms with Gasteiger partial charge >= 0.3 is 0 Å². The Morgan fingerprint density at radius 3 is 2.74 bits per heavy atom. The molecule has 3 rings (SSSR count). The number of nitrogens with zero attached hydrogens (tertiary/aromatic N) is 1. The van der Waals surface area contributed by atoms with Crippen molar-refractivity contribution in [2.24, 2.45) is 0 Å². The molecule has 0 unspecified atom stereocenters. The van der Waals surface area contributed by atoms with E-state index in [1.165, 1.54) is 5.56 Å². The molecule has 23 heavy (non-hydrogen) atoms. The summed E-state index contributed by atoms with van der Waals surface area (Å²) in [5, 5.41) is 0.729. The Hall–Kier alpha value is -1.71. The van der Waals surface area contributed by atoms with E-state index in [2.05, 4.69) is 6.07 Å². The highest BCUT2D eigenvalue weighted by Gasteiger charge is 2.34. The molecule has 0 aliphatic carbocycles. The highest BCUT2D eigenvalue weighted by atomic mass is 35.5. The first-order chi connectivity index (χ1) is 11.0. The van der Waals surface area contributed by atoms with Gasteiger partial charge in [0.2, 0.25) is 0 Å². The SMILES string of the molecule is C[C@@H](Oc1cccc(Cl)c1Cl)C(=O)N1c2ccccc2C[C@@H]1C. The second-order valence-corrected chi connectivity index (χ2v) is 6.49. The van der Waals surface area contributed by atoms with Crippen molar-refractivity contribution < 1.29 is 9.53 Å². The summed E-state index contributed by atoms with van der Waals surface area (Å²) in [6, 6.07) is 13.2. The van der Waals surface area contributed by atoms with Gasteiger partial charge in [0.1, 0.15) is 10.8 Å². The molecule has 2 atom stereocenters. The van der Waals surface area contributed by atoms with Crippen molar-refractivity contribution in [3.05, 3.63) is 58.1 Å². The average molecular weight is 350 g/mol. The zero-order chi connectivity index (χ0) is 16.6. The normalized spacial score (nSPS) is 17.7. The highest BCUT2D eigenvalue weighted by Crippen LogP contribution is 2.34. The number of carbonyl (C=O) groups is 1. The van der Waals surface area contributed by atoms with E-state index in [-0.39, 0.29) is 11.9 Å². The molecular formula is C18H17Cl2NO2. The zero-order valence-corrected chi connectivity index (χ0v) is 14.4. The number of carbonyl (C=O) groups excluding carboxylic acids is 1. The first-order valence-electron chi connectivity index (χ1n) is 7.50. The third kappa shape index (κ3) is 3.04. The fourth-order valence-electron chi connectivity index (χ4n) is 2.91. The van der Waals surface area contributed by atoms with Crippen molar-refractivity contribution in [3.8, 4) is 5.75 Å². The van der Waals surface area contributed by atoms with Gasteiger partial charge in [0.25, 0.3) is 5.91 Å². The lowest BCUT2D eigenvalue weighted by molar-refractivity contribution is -0.124. The first-order valence-corrected chi connectivity index (χ1v) is 8.26. The van der Waals surface area contributed by atoms with Crippen LogP contribution in [0.25, 0.3) is 0 Å². The van der Waals surface area contributed by atoms with Crippen LogP contribution in [0.3, 0.4) is 0 Å². The largest absolute Gasteiger partial charge is 0.479 e. The second-order valence-electron chi connectivity index (χ2n) is 5.70. The lowest BCUT2D eigenvalue weighted by Gasteiger charge is -2.26. The Morgan fingerprint density at radius 1 is 1.22 bits per heavy atom. The van der Waals surface area contributed by atoms with Crippen molar-refractivity contribution in [2.45, 2.75) is 32.4 Å². The van der Waals surface area contributed by atoms with Crippen LogP contribution in [0.1, 0.15) is 19.4 Å². The summed E-state index contributed by atoms with van der Waals surface area (Å²) in [6.07, 6.45) is 0.201. The van der Waals surface area contributed by atoms with Gasteiger partial charge in [0, 0.05) is 11.7 Å². The van der Waals surface area contributed by atoms with Crippen molar-refractivity contribution in [1.82, 2.24) is 0 Å². The summed E-state index contributed by atoms with van der Waals surface area (Å²) < 4.78 is 5.76. The van der Waals surface area contributed by atoms with E-state index >= 15 is 0 Å². The molecule has 0 saturated heterocycles. The van der Waals surface area contributed by atoms with E-state index in [1.807, 2.05) is 25.1 Å². The number of hydrogen-bond acceptors (Lipinski definition) is 2. The Labute approximate surface area is 145 Å². The maximum absolute atomic E-state index is 12.8. The topological polar surface area (TPSA) is 29.5 Å². The van der Waals surface area contributed by atoms with Crippen LogP contribution in [-0.2, 0) is 11.2 Å². The summed E-state index contributed by atoms with van der Waals surface area (Å²) in [6.45, 7) is 3.77.